The van der Waals surface area contributed by atoms with Gasteiger partial charge in [-0.1, -0.05) is 79.7 Å². The van der Waals surface area contributed by atoms with Gasteiger partial charge in [-0.15, -0.1) is 6.58 Å². The van der Waals surface area contributed by atoms with Crippen molar-refractivity contribution in [3.8, 4) is 0 Å². The second kappa shape index (κ2) is 14.0. The van der Waals surface area contributed by atoms with Crippen LogP contribution in [0.1, 0.15) is 68.2 Å². The predicted molar refractivity (Wildman–Crippen MR) is 144 cm³/mol. The molecule has 2 nitrogen and oxygen atoms in total. The van der Waals surface area contributed by atoms with Crippen LogP contribution in [-0.2, 0) is 19.3 Å². The number of allylic oxidation sites excluding steroid dienone is 1. The molecule has 0 aromatic heterocycles. The Hall–Kier alpha value is -2.26. The molecule has 0 aliphatic rings. The summed E-state index contributed by atoms with van der Waals surface area (Å²) in [6.45, 7) is 15.0. The van der Waals surface area contributed by atoms with Crippen LogP contribution in [-0.4, -0.2) is 12.9 Å². The SMILES string of the molecule is C=C(C)CCCc1c(CCCC)ccc(C)c1SC(=C)NC(CCc1ccccc1)=NC. The van der Waals surface area contributed by atoms with Crippen LogP contribution in [0.25, 0.3) is 0 Å². The Bertz CT molecular complexity index is 912. The Kier molecular flexibility index (Phi) is 11.4. The first-order valence-corrected chi connectivity index (χ1v) is 12.6. The van der Waals surface area contributed by atoms with Crippen molar-refractivity contribution >= 4 is 17.6 Å². The predicted octanol–water partition coefficient (Wildman–Crippen LogP) is 8.05. The Balaban J connectivity index is 2.12. The summed E-state index contributed by atoms with van der Waals surface area (Å²) in [5, 5.41) is 4.42. The molecule has 0 amide bonds. The van der Waals surface area contributed by atoms with Crippen LogP contribution in [0.5, 0.6) is 0 Å². The van der Waals surface area contributed by atoms with Gasteiger partial charge in [0, 0.05) is 18.4 Å². The molecule has 0 saturated carbocycles. The molecule has 2 rings (SSSR count). The normalized spacial score (nSPS) is 11.4. The summed E-state index contributed by atoms with van der Waals surface area (Å²) >= 11 is 1.76. The molecule has 3 heteroatoms. The van der Waals surface area contributed by atoms with Crippen LogP contribution < -0.4 is 5.32 Å². The van der Waals surface area contributed by atoms with E-state index in [2.05, 4.69) is 86.7 Å². The van der Waals surface area contributed by atoms with Crippen molar-refractivity contribution < 1.29 is 0 Å². The highest BCUT2D eigenvalue weighted by molar-refractivity contribution is 8.03. The van der Waals surface area contributed by atoms with Gasteiger partial charge >= 0.3 is 0 Å². The monoisotopic (exact) mass is 448 g/mol. The van der Waals surface area contributed by atoms with E-state index in [1.54, 1.807) is 11.8 Å². The molecule has 0 bridgehead atoms. The number of amidine groups is 1. The number of aryl methyl sites for hydroxylation is 3. The van der Waals surface area contributed by atoms with E-state index in [1.807, 2.05) is 7.05 Å². The lowest BCUT2D eigenvalue weighted by Crippen LogP contribution is -2.21. The zero-order chi connectivity index (χ0) is 23.3. The molecule has 2 aromatic carbocycles. The number of unbranched alkanes of at least 4 members (excludes halogenated alkanes) is 1. The molecule has 0 aliphatic heterocycles. The lowest BCUT2D eigenvalue weighted by atomic mass is 9.95. The molecular weight excluding hydrogens is 408 g/mol. The molecule has 32 heavy (non-hydrogen) atoms. The molecule has 0 heterocycles. The highest BCUT2D eigenvalue weighted by Crippen LogP contribution is 2.34. The first kappa shape index (κ1) is 26.0. The van der Waals surface area contributed by atoms with E-state index in [-0.39, 0.29) is 0 Å². The van der Waals surface area contributed by atoms with Gasteiger partial charge in [-0.2, -0.15) is 0 Å². The fourth-order valence-corrected chi connectivity index (χ4v) is 4.82. The molecular formula is C29H40N2S. The summed E-state index contributed by atoms with van der Waals surface area (Å²) in [5.41, 5.74) is 6.89. The number of nitrogens with one attached hydrogen (secondary N) is 1. The first-order chi connectivity index (χ1) is 15.4. The van der Waals surface area contributed by atoms with Crippen molar-refractivity contribution in [3.63, 3.8) is 0 Å². The summed E-state index contributed by atoms with van der Waals surface area (Å²) in [5.74, 6) is 0.981. The summed E-state index contributed by atoms with van der Waals surface area (Å²) in [7, 11) is 1.85. The van der Waals surface area contributed by atoms with Gasteiger partial charge < -0.3 is 5.32 Å². The number of aliphatic imine (C=N–C) groups is 1. The molecule has 0 unspecified atom stereocenters. The minimum absolute atomic E-state index is 0.876. The van der Waals surface area contributed by atoms with Crippen LogP contribution in [0.4, 0.5) is 0 Å². The van der Waals surface area contributed by atoms with E-state index < -0.39 is 0 Å². The quantitative estimate of drug-likeness (QED) is 0.145. The van der Waals surface area contributed by atoms with Crippen LogP contribution in [0.2, 0.25) is 0 Å². The fourth-order valence-electron chi connectivity index (χ4n) is 3.82. The largest absolute Gasteiger partial charge is 0.339 e. The van der Waals surface area contributed by atoms with E-state index in [1.165, 1.54) is 45.6 Å². The summed E-state index contributed by atoms with van der Waals surface area (Å²) in [6, 6.07) is 15.2. The van der Waals surface area contributed by atoms with Gasteiger partial charge in [0.25, 0.3) is 0 Å². The number of benzene rings is 2. The zero-order valence-electron chi connectivity index (χ0n) is 20.5. The van der Waals surface area contributed by atoms with Crippen molar-refractivity contribution in [2.24, 2.45) is 4.99 Å². The highest BCUT2D eigenvalue weighted by Gasteiger charge is 2.14. The Morgan fingerprint density at radius 2 is 1.72 bits per heavy atom. The third kappa shape index (κ3) is 8.70. The highest BCUT2D eigenvalue weighted by atomic mass is 32.2. The average Bonchev–Trinajstić information content (AvgIpc) is 2.78. The smallest absolute Gasteiger partial charge is 0.101 e. The van der Waals surface area contributed by atoms with E-state index in [0.717, 1.165) is 49.4 Å². The number of nitrogens with zero attached hydrogens (tertiary/aromatic N) is 1. The van der Waals surface area contributed by atoms with Crippen molar-refractivity contribution in [1.82, 2.24) is 5.32 Å². The van der Waals surface area contributed by atoms with Gasteiger partial charge in [0.15, 0.2) is 0 Å². The zero-order valence-corrected chi connectivity index (χ0v) is 21.3. The van der Waals surface area contributed by atoms with Gasteiger partial charge in [-0.25, -0.2) is 0 Å². The fraction of sp³-hybridized carbons (Fsp3) is 0.414. The average molecular weight is 449 g/mol. The third-order valence-corrected chi connectivity index (χ3v) is 6.78. The lowest BCUT2D eigenvalue weighted by Gasteiger charge is -2.19. The molecule has 1 N–H and O–H groups in total. The van der Waals surface area contributed by atoms with Gasteiger partial charge in [-0.3, -0.25) is 4.99 Å². The summed E-state index contributed by atoms with van der Waals surface area (Å²) in [6.07, 6.45) is 8.74. The van der Waals surface area contributed by atoms with Crippen LogP contribution in [0, 0.1) is 6.92 Å². The topological polar surface area (TPSA) is 24.4 Å². The maximum Gasteiger partial charge on any atom is 0.101 e. The minimum Gasteiger partial charge on any atom is -0.339 e. The molecule has 2 aromatic rings. The summed E-state index contributed by atoms with van der Waals surface area (Å²) < 4.78 is 0. The minimum atomic E-state index is 0.876. The summed E-state index contributed by atoms with van der Waals surface area (Å²) in [4.78, 5) is 5.84. The van der Waals surface area contributed by atoms with E-state index in [0.29, 0.717) is 0 Å². The van der Waals surface area contributed by atoms with Gasteiger partial charge in [-0.05, 0) is 74.6 Å². The van der Waals surface area contributed by atoms with Crippen molar-refractivity contribution in [2.75, 3.05) is 7.05 Å². The first-order valence-electron chi connectivity index (χ1n) is 11.8. The van der Waals surface area contributed by atoms with Crippen LogP contribution >= 0.6 is 11.8 Å². The second-order valence-electron chi connectivity index (χ2n) is 8.57. The number of rotatable bonds is 13. The van der Waals surface area contributed by atoms with Crippen molar-refractivity contribution in [2.45, 2.75) is 77.0 Å². The molecule has 0 spiro atoms. The number of hydrogen-bond acceptors (Lipinski definition) is 2. The maximum atomic E-state index is 4.48. The second-order valence-corrected chi connectivity index (χ2v) is 9.67. The number of thioether (sulfide) groups is 1. The number of hydrogen-bond donors (Lipinski definition) is 1. The molecule has 0 atom stereocenters. The molecule has 0 aliphatic carbocycles. The van der Waals surface area contributed by atoms with Gasteiger partial charge in [0.1, 0.15) is 5.84 Å². The Morgan fingerprint density at radius 3 is 2.38 bits per heavy atom. The van der Waals surface area contributed by atoms with Gasteiger partial charge in [0.2, 0.25) is 0 Å². The van der Waals surface area contributed by atoms with Gasteiger partial charge in [0.05, 0.1) is 5.03 Å². The Labute approximate surface area is 200 Å². The third-order valence-electron chi connectivity index (χ3n) is 5.66. The van der Waals surface area contributed by atoms with E-state index in [4.69, 9.17) is 0 Å². The molecule has 0 fully saturated rings. The van der Waals surface area contributed by atoms with Crippen molar-refractivity contribution in [3.05, 3.63) is 88.5 Å². The molecule has 172 valence electrons. The Morgan fingerprint density at radius 1 is 0.969 bits per heavy atom. The molecule has 0 radical (unpaired) electrons. The van der Waals surface area contributed by atoms with E-state index in [9.17, 15) is 0 Å². The maximum absolute atomic E-state index is 4.48. The standard InChI is InChI=1S/C29H40N2S/c1-7-8-16-26-20-18-23(4)29(27(26)17-12-13-22(2)3)32-24(5)31-28(30-6)21-19-25-14-10-9-11-15-25/h9-11,14-15,18,20H,2,5,7-8,12-13,16-17,19,21H2,1,3-4,6H3,(H,30,31). The molecule has 0 saturated heterocycles. The van der Waals surface area contributed by atoms with E-state index >= 15 is 0 Å². The van der Waals surface area contributed by atoms with Crippen LogP contribution in [0.15, 0.2) is 76.1 Å². The van der Waals surface area contributed by atoms with Crippen LogP contribution in [0.3, 0.4) is 0 Å². The lowest BCUT2D eigenvalue weighted by molar-refractivity contribution is 0.754. The van der Waals surface area contributed by atoms with Crippen molar-refractivity contribution in [1.29, 1.82) is 0 Å².